The van der Waals surface area contributed by atoms with Crippen LogP contribution in [0.2, 0.25) is 0 Å². The molecule has 0 saturated heterocycles. The molecule has 3 unspecified atom stereocenters. The van der Waals surface area contributed by atoms with Gasteiger partial charge in [-0.25, -0.2) is 0 Å². The molecule has 0 aliphatic heterocycles. The number of Topliss-reactive ketones (excluding diaryl/α,β-unsaturated/α-hetero) is 1. The molecule has 2 aliphatic rings. The van der Waals surface area contributed by atoms with Gasteiger partial charge >= 0.3 is 0 Å². The van der Waals surface area contributed by atoms with Crippen molar-refractivity contribution in [1.82, 2.24) is 5.32 Å². The van der Waals surface area contributed by atoms with Crippen molar-refractivity contribution in [2.75, 3.05) is 0 Å². The summed E-state index contributed by atoms with van der Waals surface area (Å²) in [6, 6.07) is 9.82. The molecule has 1 N–H and O–H groups in total. The lowest BCUT2D eigenvalue weighted by Gasteiger charge is -2.33. The highest BCUT2D eigenvalue weighted by Crippen LogP contribution is 2.60. The van der Waals surface area contributed by atoms with Crippen molar-refractivity contribution in [3.8, 4) is 0 Å². The number of hydrogen-bond donors (Lipinski definition) is 1. The quantitative estimate of drug-likeness (QED) is 0.866. The first-order chi connectivity index (χ1) is 9.88. The van der Waals surface area contributed by atoms with Crippen LogP contribution in [0.5, 0.6) is 0 Å². The molecule has 2 saturated carbocycles. The van der Waals surface area contributed by atoms with E-state index in [-0.39, 0.29) is 23.1 Å². The summed E-state index contributed by atoms with van der Waals surface area (Å²) in [4.78, 5) is 25.5. The zero-order valence-electron chi connectivity index (χ0n) is 13.0. The molecule has 2 fully saturated rings. The fraction of sp³-hybridized carbons (Fsp3) is 0.556. The number of fused-ring (bicyclic) bond motifs is 2. The lowest BCUT2D eigenvalue weighted by Crippen LogP contribution is -2.47. The molecule has 1 aromatic rings. The van der Waals surface area contributed by atoms with Crippen molar-refractivity contribution in [3.05, 3.63) is 35.9 Å². The van der Waals surface area contributed by atoms with Crippen molar-refractivity contribution in [3.63, 3.8) is 0 Å². The second-order valence-electron chi connectivity index (χ2n) is 7.18. The highest BCUT2D eigenvalue weighted by atomic mass is 16.2. The Hall–Kier alpha value is -1.64. The first-order valence-electron chi connectivity index (χ1n) is 7.79. The van der Waals surface area contributed by atoms with Gasteiger partial charge in [0.1, 0.15) is 5.41 Å². The molecular formula is C18H23NO2. The third-order valence-corrected chi connectivity index (χ3v) is 5.64. The second-order valence-corrected chi connectivity index (χ2v) is 7.18. The highest BCUT2D eigenvalue weighted by Gasteiger charge is 2.65. The van der Waals surface area contributed by atoms with Crippen LogP contribution in [-0.4, -0.2) is 11.7 Å². The molecule has 0 spiro atoms. The number of ketones is 1. The Labute approximate surface area is 126 Å². The average molecular weight is 285 g/mol. The molecular weight excluding hydrogens is 262 g/mol. The fourth-order valence-electron chi connectivity index (χ4n) is 4.14. The van der Waals surface area contributed by atoms with Crippen molar-refractivity contribution in [2.24, 2.45) is 16.7 Å². The van der Waals surface area contributed by atoms with Crippen LogP contribution in [0, 0.1) is 16.7 Å². The Morgan fingerprint density at radius 2 is 1.95 bits per heavy atom. The van der Waals surface area contributed by atoms with E-state index in [4.69, 9.17) is 0 Å². The lowest BCUT2D eigenvalue weighted by molar-refractivity contribution is -0.145. The van der Waals surface area contributed by atoms with Gasteiger partial charge in [-0.3, -0.25) is 9.59 Å². The van der Waals surface area contributed by atoms with Gasteiger partial charge in [0.2, 0.25) is 5.91 Å². The van der Waals surface area contributed by atoms with Crippen LogP contribution < -0.4 is 5.32 Å². The van der Waals surface area contributed by atoms with E-state index >= 15 is 0 Å². The van der Waals surface area contributed by atoms with Crippen molar-refractivity contribution in [2.45, 2.75) is 46.1 Å². The van der Waals surface area contributed by atoms with E-state index in [9.17, 15) is 9.59 Å². The van der Waals surface area contributed by atoms with Gasteiger partial charge in [-0.1, -0.05) is 44.2 Å². The van der Waals surface area contributed by atoms with Crippen LogP contribution in [0.1, 0.15) is 51.6 Å². The predicted octanol–water partition coefficient (Wildman–Crippen LogP) is 3.26. The van der Waals surface area contributed by atoms with Gasteiger partial charge in [-0.2, -0.15) is 0 Å². The minimum Gasteiger partial charge on any atom is -0.349 e. The maximum atomic E-state index is 12.8. The van der Waals surface area contributed by atoms with Crippen LogP contribution in [0.3, 0.4) is 0 Å². The summed E-state index contributed by atoms with van der Waals surface area (Å²) in [5.74, 6) is 0.434. The van der Waals surface area contributed by atoms with Gasteiger partial charge < -0.3 is 5.32 Å². The predicted molar refractivity (Wildman–Crippen MR) is 81.6 cm³/mol. The third-order valence-electron chi connectivity index (χ3n) is 5.64. The topological polar surface area (TPSA) is 46.2 Å². The lowest BCUT2D eigenvalue weighted by atomic mass is 9.70. The molecule has 3 atom stereocenters. The van der Waals surface area contributed by atoms with E-state index in [1.54, 1.807) is 0 Å². The van der Waals surface area contributed by atoms with Crippen molar-refractivity contribution in [1.29, 1.82) is 0 Å². The number of carbonyl (C=O) groups is 2. The summed E-state index contributed by atoms with van der Waals surface area (Å²) in [5.41, 5.74) is -0.0375. The molecule has 0 radical (unpaired) electrons. The number of rotatable bonds is 3. The molecule has 2 aliphatic carbocycles. The van der Waals surface area contributed by atoms with E-state index in [0.29, 0.717) is 12.3 Å². The van der Waals surface area contributed by atoms with E-state index in [1.807, 2.05) is 51.1 Å². The molecule has 1 aromatic carbocycles. The van der Waals surface area contributed by atoms with Crippen LogP contribution in [0.15, 0.2) is 30.3 Å². The molecule has 0 aromatic heterocycles. The van der Waals surface area contributed by atoms with Crippen molar-refractivity contribution >= 4 is 11.7 Å². The zero-order valence-corrected chi connectivity index (χ0v) is 13.0. The first kappa shape index (κ1) is 14.3. The average Bonchev–Trinajstić information content (AvgIpc) is 3.00. The Morgan fingerprint density at radius 1 is 1.29 bits per heavy atom. The number of amides is 1. The molecule has 3 nitrogen and oxygen atoms in total. The normalized spacial score (nSPS) is 31.2. The largest absolute Gasteiger partial charge is 0.349 e. The summed E-state index contributed by atoms with van der Waals surface area (Å²) in [5, 5.41) is 3.06. The Balaban J connectivity index is 1.79. The minimum absolute atomic E-state index is 0.0661. The summed E-state index contributed by atoms with van der Waals surface area (Å²) < 4.78 is 0. The standard InChI is InChI=1S/C18H23NO2/c1-12(13-7-5-4-6-8-13)19-16(21)18-10-9-14(11-18)17(2,3)15(18)20/h4-8,12,14H,9-11H2,1-3H3,(H,19,21). The second kappa shape index (κ2) is 4.69. The van der Waals surface area contributed by atoms with E-state index in [1.165, 1.54) is 0 Å². The Morgan fingerprint density at radius 3 is 2.52 bits per heavy atom. The fourth-order valence-corrected chi connectivity index (χ4v) is 4.14. The first-order valence-corrected chi connectivity index (χ1v) is 7.79. The molecule has 112 valence electrons. The minimum atomic E-state index is -0.767. The maximum Gasteiger partial charge on any atom is 0.234 e. The number of benzene rings is 1. The summed E-state index contributed by atoms with van der Waals surface area (Å²) in [6.45, 7) is 5.96. The molecule has 21 heavy (non-hydrogen) atoms. The monoisotopic (exact) mass is 285 g/mol. The summed E-state index contributed by atoms with van der Waals surface area (Å²) in [6.07, 6.45) is 2.44. The molecule has 2 bridgehead atoms. The van der Waals surface area contributed by atoms with Gasteiger partial charge in [-0.05, 0) is 37.7 Å². The molecule has 0 heterocycles. The highest BCUT2D eigenvalue weighted by molar-refractivity contribution is 6.10. The van der Waals surface area contributed by atoms with E-state index < -0.39 is 5.41 Å². The zero-order chi connectivity index (χ0) is 15.3. The number of carbonyl (C=O) groups excluding carboxylic acids is 2. The van der Waals surface area contributed by atoms with Gasteiger partial charge in [0.15, 0.2) is 5.78 Å². The van der Waals surface area contributed by atoms with Crippen LogP contribution >= 0.6 is 0 Å². The maximum absolute atomic E-state index is 12.8. The van der Waals surface area contributed by atoms with Crippen LogP contribution in [0.25, 0.3) is 0 Å². The summed E-state index contributed by atoms with van der Waals surface area (Å²) >= 11 is 0. The van der Waals surface area contributed by atoms with Gasteiger partial charge in [0, 0.05) is 5.41 Å². The Bertz CT molecular complexity index is 578. The molecule has 3 rings (SSSR count). The van der Waals surface area contributed by atoms with Gasteiger partial charge in [-0.15, -0.1) is 0 Å². The number of nitrogens with one attached hydrogen (secondary N) is 1. The summed E-state index contributed by atoms with van der Waals surface area (Å²) in [7, 11) is 0. The van der Waals surface area contributed by atoms with Gasteiger partial charge in [0.05, 0.1) is 6.04 Å². The van der Waals surface area contributed by atoms with Crippen molar-refractivity contribution < 1.29 is 9.59 Å². The Kier molecular flexibility index (Phi) is 3.19. The van der Waals surface area contributed by atoms with Crippen LogP contribution in [0.4, 0.5) is 0 Å². The van der Waals surface area contributed by atoms with Crippen LogP contribution in [-0.2, 0) is 9.59 Å². The SMILES string of the molecule is CC(NC(=O)C12CCC(C1)C(C)(C)C2=O)c1ccccc1. The third kappa shape index (κ3) is 2.02. The van der Waals surface area contributed by atoms with Gasteiger partial charge in [0.25, 0.3) is 0 Å². The molecule has 3 heteroatoms. The van der Waals surface area contributed by atoms with E-state index in [2.05, 4.69) is 5.32 Å². The molecule has 1 amide bonds. The smallest absolute Gasteiger partial charge is 0.234 e. The number of hydrogen-bond acceptors (Lipinski definition) is 2. The van der Waals surface area contributed by atoms with E-state index in [0.717, 1.165) is 18.4 Å².